The Morgan fingerprint density at radius 3 is 2.31 bits per heavy atom. The maximum Gasteiger partial charge on any atom is 0.263 e. The number of hydrogen-bond donors (Lipinski definition) is 2. The van der Waals surface area contributed by atoms with Gasteiger partial charge in [-0.1, -0.05) is 12.1 Å². The smallest absolute Gasteiger partial charge is 0.263 e. The number of nitrogens with zero attached hydrogens (tertiary/aromatic N) is 1. The van der Waals surface area contributed by atoms with E-state index in [2.05, 4.69) is 15.0 Å². The van der Waals surface area contributed by atoms with Crippen LogP contribution in [0.2, 0.25) is 0 Å². The highest BCUT2D eigenvalue weighted by Gasteiger charge is 2.14. The average molecular weight is 369 g/mol. The van der Waals surface area contributed by atoms with E-state index in [1.165, 1.54) is 0 Å². The van der Waals surface area contributed by atoms with Gasteiger partial charge in [-0.2, -0.15) is 0 Å². The summed E-state index contributed by atoms with van der Waals surface area (Å²) in [6, 6.07) is 17.5. The van der Waals surface area contributed by atoms with Crippen molar-refractivity contribution < 1.29 is 13.2 Å². The highest BCUT2D eigenvalue weighted by atomic mass is 32.2. The van der Waals surface area contributed by atoms with E-state index in [0.29, 0.717) is 0 Å². The molecule has 26 heavy (non-hydrogen) atoms. The lowest BCUT2D eigenvalue weighted by Gasteiger charge is -2.10. The van der Waals surface area contributed by atoms with E-state index in [-0.39, 0.29) is 10.7 Å². The van der Waals surface area contributed by atoms with E-state index in [4.69, 9.17) is 4.74 Å². The lowest BCUT2D eigenvalue weighted by atomic mass is 10.2. The number of benzene rings is 2. The molecule has 0 bridgehead atoms. The molecule has 0 atom stereocenters. The van der Waals surface area contributed by atoms with Crippen molar-refractivity contribution in [2.75, 3.05) is 17.1 Å². The zero-order valence-corrected chi connectivity index (χ0v) is 15.2. The molecule has 0 unspecified atom stereocenters. The van der Waals surface area contributed by atoms with E-state index >= 15 is 0 Å². The van der Waals surface area contributed by atoms with Crippen LogP contribution >= 0.6 is 0 Å². The van der Waals surface area contributed by atoms with Crippen LogP contribution in [0.1, 0.15) is 5.56 Å². The van der Waals surface area contributed by atoms with Gasteiger partial charge in [0.2, 0.25) is 0 Å². The molecule has 0 saturated carbocycles. The van der Waals surface area contributed by atoms with Crippen LogP contribution in [0.25, 0.3) is 0 Å². The Labute approximate surface area is 152 Å². The first kappa shape index (κ1) is 17.8. The second kappa shape index (κ2) is 7.45. The molecule has 0 spiro atoms. The molecule has 0 aliphatic carbocycles. The fourth-order valence-electron chi connectivity index (χ4n) is 2.35. The number of ether oxygens (including phenoxy) is 1. The van der Waals surface area contributed by atoms with Crippen LogP contribution in [0, 0.1) is 6.92 Å². The minimum atomic E-state index is -3.66. The molecule has 0 radical (unpaired) electrons. The Morgan fingerprint density at radius 1 is 0.962 bits per heavy atom. The van der Waals surface area contributed by atoms with Crippen molar-refractivity contribution in [3.05, 3.63) is 72.4 Å². The summed E-state index contributed by atoms with van der Waals surface area (Å²) in [7, 11) is -2.05. The zero-order valence-electron chi connectivity index (χ0n) is 14.4. The third-order valence-corrected chi connectivity index (χ3v) is 5.03. The Bertz CT molecular complexity index is 985. The number of nitrogens with one attached hydrogen (secondary N) is 2. The maximum absolute atomic E-state index is 12.4. The van der Waals surface area contributed by atoms with Crippen molar-refractivity contribution in [1.82, 2.24) is 4.98 Å². The molecule has 3 aromatic rings. The van der Waals surface area contributed by atoms with Crippen molar-refractivity contribution in [3.63, 3.8) is 0 Å². The first-order valence-electron chi connectivity index (χ1n) is 7.93. The van der Waals surface area contributed by atoms with Gasteiger partial charge in [0.25, 0.3) is 10.0 Å². The summed E-state index contributed by atoms with van der Waals surface area (Å²) in [5.41, 5.74) is 2.49. The molecular formula is C19H19N3O3S. The van der Waals surface area contributed by atoms with E-state index < -0.39 is 10.0 Å². The van der Waals surface area contributed by atoms with Gasteiger partial charge in [0.05, 0.1) is 23.9 Å². The number of hydrogen-bond acceptors (Lipinski definition) is 5. The number of aromatic nitrogens is 1. The van der Waals surface area contributed by atoms with E-state index in [0.717, 1.165) is 22.7 Å². The van der Waals surface area contributed by atoms with Gasteiger partial charge < -0.3 is 10.1 Å². The minimum Gasteiger partial charge on any atom is -0.497 e. The molecule has 0 fully saturated rings. The lowest BCUT2D eigenvalue weighted by Crippen LogP contribution is -2.14. The van der Waals surface area contributed by atoms with Crippen LogP contribution in [-0.4, -0.2) is 20.5 Å². The topological polar surface area (TPSA) is 80.3 Å². The molecule has 3 rings (SSSR count). The molecule has 0 saturated heterocycles. The fraction of sp³-hybridized carbons (Fsp3) is 0.105. The van der Waals surface area contributed by atoms with Gasteiger partial charge in [0.15, 0.2) is 0 Å². The molecule has 0 aliphatic rings. The van der Waals surface area contributed by atoms with Gasteiger partial charge in [-0.3, -0.25) is 4.72 Å². The van der Waals surface area contributed by atoms with Crippen LogP contribution in [0.5, 0.6) is 5.75 Å². The van der Waals surface area contributed by atoms with Crippen LogP contribution < -0.4 is 14.8 Å². The highest BCUT2D eigenvalue weighted by Crippen LogP contribution is 2.21. The van der Waals surface area contributed by atoms with Crippen molar-refractivity contribution in [2.45, 2.75) is 11.8 Å². The van der Waals surface area contributed by atoms with E-state index in [9.17, 15) is 8.42 Å². The third kappa shape index (κ3) is 4.31. The molecular weight excluding hydrogens is 350 g/mol. The summed E-state index contributed by atoms with van der Waals surface area (Å²) in [5.74, 6) is 1.03. The zero-order chi connectivity index (χ0) is 18.6. The molecule has 2 N–H and O–H groups in total. The molecule has 7 heteroatoms. The molecule has 6 nitrogen and oxygen atoms in total. The van der Waals surface area contributed by atoms with Crippen molar-refractivity contribution in [1.29, 1.82) is 0 Å². The largest absolute Gasteiger partial charge is 0.497 e. The predicted octanol–water partition coefficient (Wildman–Crippen LogP) is 3.94. The van der Waals surface area contributed by atoms with E-state index in [1.807, 2.05) is 37.3 Å². The molecule has 1 aromatic heterocycles. The lowest BCUT2D eigenvalue weighted by molar-refractivity contribution is 0.415. The SMILES string of the molecule is COc1ccc(Nc2ccc(NS(=O)(=O)c3cccc(C)c3)nc2)cc1. The molecule has 134 valence electrons. The van der Waals surface area contributed by atoms with Gasteiger partial charge in [0, 0.05) is 5.69 Å². The number of aryl methyl sites for hydroxylation is 1. The Balaban J connectivity index is 1.71. The Kier molecular flexibility index (Phi) is 5.09. The van der Waals surface area contributed by atoms with Gasteiger partial charge in [0.1, 0.15) is 11.6 Å². The summed E-state index contributed by atoms with van der Waals surface area (Å²) in [6.07, 6.45) is 1.57. The van der Waals surface area contributed by atoms with Gasteiger partial charge in [-0.25, -0.2) is 13.4 Å². The molecule has 0 aliphatic heterocycles. The van der Waals surface area contributed by atoms with Crippen LogP contribution in [0.15, 0.2) is 71.8 Å². The van der Waals surface area contributed by atoms with Gasteiger partial charge >= 0.3 is 0 Å². The first-order chi connectivity index (χ1) is 12.5. The fourth-order valence-corrected chi connectivity index (χ4v) is 3.46. The standard InChI is InChI=1S/C19H19N3O3S/c1-14-4-3-5-18(12-14)26(23,24)22-19-11-8-16(13-20-19)21-15-6-9-17(25-2)10-7-15/h3-13,21H,1-2H3,(H,20,22). The minimum absolute atomic E-state index is 0.208. The second-order valence-corrected chi connectivity index (χ2v) is 7.39. The summed E-state index contributed by atoms with van der Waals surface area (Å²) in [6.45, 7) is 1.84. The van der Waals surface area contributed by atoms with Crippen LogP contribution in [-0.2, 0) is 10.0 Å². The summed E-state index contributed by atoms with van der Waals surface area (Å²) >= 11 is 0. The highest BCUT2D eigenvalue weighted by molar-refractivity contribution is 7.92. The quantitative estimate of drug-likeness (QED) is 0.688. The average Bonchev–Trinajstić information content (AvgIpc) is 2.64. The summed E-state index contributed by atoms with van der Waals surface area (Å²) in [4.78, 5) is 4.37. The third-order valence-electron chi connectivity index (χ3n) is 3.68. The first-order valence-corrected chi connectivity index (χ1v) is 9.41. The van der Waals surface area contributed by atoms with Crippen molar-refractivity contribution in [2.24, 2.45) is 0 Å². The van der Waals surface area contributed by atoms with E-state index in [1.54, 1.807) is 43.6 Å². The Morgan fingerprint density at radius 2 is 1.69 bits per heavy atom. The normalized spacial score (nSPS) is 11.0. The Hall–Kier alpha value is -3.06. The molecule has 1 heterocycles. The maximum atomic E-state index is 12.4. The number of anilines is 3. The van der Waals surface area contributed by atoms with Gasteiger partial charge in [-0.05, 0) is 61.0 Å². The molecule has 0 amide bonds. The van der Waals surface area contributed by atoms with Crippen molar-refractivity contribution in [3.8, 4) is 5.75 Å². The number of methoxy groups -OCH3 is 1. The molecule has 2 aromatic carbocycles. The van der Waals surface area contributed by atoms with Crippen molar-refractivity contribution >= 4 is 27.2 Å². The summed E-state index contributed by atoms with van der Waals surface area (Å²) < 4.78 is 32.4. The van der Waals surface area contributed by atoms with Crippen LogP contribution in [0.4, 0.5) is 17.2 Å². The number of rotatable bonds is 6. The predicted molar refractivity (Wildman–Crippen MR) is 103 cm³/mol. The van der Waals surface area contributed by atoms with Gasteiger partial charge in [-0.15, -0.1) is 0 Å². The monoisotopic (exact) mass is 369 g/mol. The number of sulfonamides is 1. The summed E-state index contributed by atoms with van der Waals surface area (Å²) in [5, 5.41) is 3.19. The number of pyridine rings is 1. The van der Waals surface area contributed by atoms with Crippen LogP contribution in [0.3, 0.4) is 0 Å². The second-order valence-electron chi connectivity index (χ2n) is 5.71.